The lowest BCUT2D eigenvalue weighted by atomic mass is 10.1. The van der Waals surface area contributed by atoms with Crippen molar-refractivity contribution < 1.29 is 14.3 Å². The first-order valence-corrected chi connectivity index (χ1v) is 10.6. The van der Waals surface area contributed by atoms with Crippen molar-refractivity contribution >= 4 is 40.6 Å². The van der Waals surface area contributed by atoms with Crippen molar-refractivity contribution in [2.75, 3.05) is 0 Å². The minimum atomic E-state index is -0.317. The monoisotopic (exact) mass is 435 g/mol. The van der Waals surface area contributed by atoms with Crippen LogP contribution in [0.25, 0.3) is 6.08 Å². The number of carbonyl (C=O) groups excluding carboxylic acids is 2. The molecular formula is C24H18ClNO3S. The van der Waals surface area contributed by atoms with Gasteiger partial charge in [0.25, 0.3) is 11.1 Å². The van der Waals surface area contributed by atoms with Crippen molar-refractivity contribution in [2.45, 2.75) is 13.2 Å². The number of thioether (sulfide) groups is 1. The van der Waals surface area contributed by atoms with Crippen molar-refractivity contribution in [3.8, 4) is 5.75 Å². The summed E-state index contributed by atoms with van der Waals surface area (Å²) in [6.45, 7) is 0.608. The molecule has 0 atom stereocenters. The number of para-hydroxylation sites is 1. The molecule has 0 N–H and O–H groups in total. The highest BCUT2D eigenvalue weighted by molar-refractivity contribution is 8.18. The van der Waals surface area contributed by atoms with Gasteiger partial charge in [0.15, 0.2) is 0 Å². The number of hydrogen-bond donors (Lipinski definition) is 0. The van der Waals surface area contributed by atoms with E-state index < -0.39 is 0 Å². The summed E-state index contributed by atoms with van der Waals surface area (Å²) in [5.41, 5.74) is 2.61. The predicted molar refractivity (Wildman–Crippen MR) is 120 cm³/mol. The van der Waals surface area contributed by atoms with Gasteiger partial charge < -0.3 is 4.74 Å². The maximum absolute atomic E-state index is 12.8. The maximum Gasteiger partial charge on any atom is 0.293 e. The zero-order chi connectivity index (χ0) is 20.9. The fourth-order valence-electron chi connectivity index (χ4n) is 3.06. The smallest absolute Gasteiger partial charge is 0.293 e. The lowest BCUT2D eigenvalue weighted by Crippen LogP contribution is -2.27. The third-order valence-corrected chi connectivity index (χ3v) is 5.69. The van der Waals surface area contributed by atoms with Gasteiger partial charge in [-0.05, 0) is 47.2 Å². The van der Waals surface area contributed by atoms with Crippen LogP contribution in [0, 0.1) is 0 Å². The van der Waals surface area contributed by atoms with Crippen LogP contribution in [-0.4, -0.2) is 16.0 Å². The molecule has 0 aromatic heterocycles. The number of ether oxygens (including phenoxy) is 1. The van der Waals surface area contributed by atoms with Crippen LogP contribution in [0.4, 0.5) is 4.79 Å². The topological polar surface area (TPSA) is 46.6 Å². The summed E-state index contributed by atoms with van der Waals surface area (Å²) in [7, 11) is 0. The molecule has 0 saturated carbocycles. The standard InChI is InChI=1S/C24H18ClNO3S/c25-20-11-6-9-18(13-20)15-26-23(27)22(30-24(26)28)14-19-10-4-5-12-21(19)29-16-17-7-2-1-3-8-17/h1-14H,15-16H2/b22-14-. The largest absolute Gasteiger partial charge is 0.488 e. The van der Waals surface area contributed by atoms with Gasteiger partial charge in [0.05, 0.1) is 11.4 Å². The summed E-state index contributed by atoms with van der Waals surface area (Å²) in [4.78, 5) is 26.9. The van der Waals surface area contributed by atoms with Crippen LogP contribution in [0.15, 0.2) is 83.8 Å². The normalized spacial score (nSPS) is 15.1. The molecule has 4 nitrogen and oxygen atoms in total. The van der Waals surface area contributed by atoms with Gasteiger partial charge in [-0.15, -0.1) is 0 Å². The van der Waals surface area contributed by atoms with Crippen LogP contribution in [0.3, 0.4) is 0 Å². The van der Waals surface area contributed by atoms with Crippen LogP contribution < -0.4 is 4.74 Å². The number of carbonyl (C=O) groups is 2. The highest BCUT2D eigenvalue weighted by atomic mass is 35.5. The molecule has 1 heterocycles. The maximum atomic E-state index is 12.8. The average molecular weight is 436 g/mol. The second-order valence-electron chi connectivity index (χ2n) is 6.71. The number of imide groups is 1. The first kappa shape index (κ1) is 20.3. The highest BCUT2D eigenvalue weighted by Crippen LogP contribution is 2.35. The second kappa shape index (κ2) is 9.20. The third-order valence-electron chi connectivity index (χ3n) is 4.55. The fraction of sp³-hybridized carbons (Fsp3) is 0.0833. The predicted octanol–water partition coefficient (Wildman–Crippen LogP) is 6.16. The van der Waals surface area contributed by atoms with E-state index in [-0.39, 0.29) is 17.7 Å². The molecule has 2 amide bonds. The molecule has 30 heavy (non-hydrogen) atoms. The number of benzene rings is 3. The van der Waals surface area contributed by atoms with E-state index in [9.17, 15) is 9.59 Å². The van der Waals surface area contributed by atoms with Crippen molar-refractivity contribution in [1.29, 1.82) is 0 Å². The van der Waals surface area contributed by atoms with E-state index in [1.54, 1.807) is 24.3 Å². The third kappa shape index (κ3) is 4.75. The number of amides is 2. The molecule has 1 aliphatic rings. The first-order valence-electron chi connectivity index (χ1n) is 9.36. The average Bonchev–Trinajstić information content (AvgIpc) is 3.01. The summed E-state index contributed by atoms with van der Waals surface area (Å²) in [6, 6.07) is 24.5. The summed E-state index contributed by atoms with van der Waals surface area (Å²) >= 11 is 6.94. The molecule has 0 unspecified atom stereocenters. The number of nitrogens with zero attached hydrogens (tertiary/aromatic N) is 1. The van der Waals surface area contributed by atoms with Gasteiger partial charge >= 0.3 is 0 Å². The Labute approximate surface area is 184 Å². The lowest BCUT2D eigenvalue weighted by Gasteiger charge is -2.12. The Hall–Kier alpha value is -3.02. The van der Waals surface area contributed by atoms with E-state index in [1.165, 1.54) is 4.90 Å². The highest BCUT2D eigenvalue weighted by Gasteiger charge is 2.35. The van der Waals surface area contributed by atoms with E-state index in [1.807, 2.05) is 60.7 Å². The zero-order valence-corrected chi connectivity index (χ0v) is 17.5. The minimum absolute atomic E-state index is 0.189. The zero-order valence-electron chi connectivity index (χ0n) is 16.0. The Morgan fingerprint density at radius 2 is 1.63 bits per heavy atom. The van der Waals surface area contributed by atoms with Gasteiger partial charge in [-0.2, -0.15) is 0 Å². The van der Waals surface area contributed by atoms with Gasteiger partial charge in [0.1, 0.15) is 12.4 Å². The molecule has 0 bridgehead atoms. The fourth-order valence-corrected chi connectivity index (χ4v) is 4.10. The van der Waals surface area contributed by atoms with E-state index in [2.05, 4.69) is 0 Å². The van der Waals surface area contributed by atoms with E-state index in [4.69, 9.17) is 16.3 Å². The van der Waals surface area contributed by atoms with Crippen molar-refractivity contribution in [3.63, 3.8) is 0 Å². The van der Waals surface area contributed by atoms with Crippen LogP contribution >= 0.6 is 23.4 Å². The molecule has 0 radical (unpaired) electrons. The van der Waals surface area contributed by atoms with Gasteiger partial charge in [-0.25, -0.2) is 0 Å². The molecule has 150 valence electrons. The van der Waals surface area contributed by atoms with Gasteiger partial charge in [0.2, 0.25) is 0 Å². The quantitative estimate of drug-likeness (QED) is 0.435. The molecule has 3 aromatic rings. The Kier molecular flexibility index (Phi) is 6.21. The molecule has 4 rings (SSSR count). The molecule has 6 heteroatoms. The Balaban J connectivity index is 1.52. The van der Waals surface area contributed by atoms with Crippen molar-refractivity contribution in [3.05, 3.63) is 105 Å². The summed E-state index contributed by atoms with van der Waals surface area (Å²) < 4.78 is 5.95. The second-order valence-corrected chi connectivity index (χ2v) is 8.14. The van der Waals surface area contributed by atoms with Crippen LogP contribution in [0.5, 0.6) is 5.75 Å². The summed E-state index contributed by atoms with van der Waals surface area (Å²) in [5.74, 6) is 0.339. The Morgan fingerprint density at radius 1 is 0.900 bits per heavy atom. The first-order chi connectivity index (χ1) is 14.6. The molecule has 1 fully saturated rings. The number of halogens is 1. The summed E-state index contributed by atoms with van der Waals surface area (Å²) in [6.07, 6.45) is 1.71. The molecule has 3 aromatic carbocycles. The van der Waals surface area contributed by atoms with Crippen LogP contribution in [-0.2, 0) is 17.9 Å². The molecular weight excluding hydrogens is 418 g/mol. The van der Waals surface area contributed by atoms with Gasteiger partial charge in [-0.1, -0.05) is 72.3 Å². The SMILES string of the molecule is O=C1S/C(=C\c2ccccc2OCc2ccccc2)C(=O)N1Cc1cccc(Cl)c1. The number of rotatable bonds is 6. The molecule has 1 aliphatic heterocycles. The molecule has 0 aliphatic carbocycles. The van der Waals surface area contributed by atoms with E-state index in [0.717, 1.165) is 28.5 Å². The van der Waals surface area contributed by atoms with Gasteiger partial charge in [0, 0.05) is 10.6 Å². The van der Waals surface area contributed by atoms with Crippen molar-refractivity contribution in [2.24, 2.45) is 0 Å². The minimum Gasteiger partial charge on any atom is -0.488 e. The summed E-state index contributed by atoms with van der Waals surface area (Å²) in [5, 5.41) is 0.272. The van der Waals surface area contributed by atoms with E-state index in [0.29, 0.717) is 22.3 Å². The van der Waals surface area contributed by atoms with Crippen LogP contribution in [0.2, 0.25) is 5.02 Å². The van der Waals surface area contributed by atoms with E-state index >= 15 is 0 Å². The van der Waals surface area contributed by atoms with Gasteiger partial charge in [-0.3, -0.25) is 14.5 Å². The number of hydrogen-bond acceptors (Lipinski definition) is 4. The van der Waals surface area contributed by atoms with Crippen molar-refractivity contribution in [1.82, 2.24) is 4.90 Å². The molecule has 0 spiro atoms. The van der Waals surface area contributed by atoms with Crippen LogP contribution in [0.1, 0.15) is 16.7 Å². The lowest BCUT2D eigenvalue weighted by molar-refractivity contribution is -0.123. The Morgan fingerprint density at radius 3 is 2.43 bits per heavy atom. The molecule has 1 saturated heterocycles. The Bertz CT molecular complexity index is 1110.